The van der Waals surface area contributed by atoms with E-state index in [9.17, 15) is 23.3 Å². The number of nitrogens with zero attached hydrogens (tertiary/aromatic N) is 1. The van der Waals surface area contributed by atoms with Gasteiger partial charge in [0.05, 0.1) is 10.5 Å². The summed E-state index contributed by atoms with van der Waals surface area (Å²) in [5.41, 5.74) is 2.94. The van der Waals surface area contributed by atoms with Crippen molar-refractivity contribution in [3.63, 3.8) is 0 Å². The SMILES string of the molecule is COCCCNC(=S)NNc1ccc(C(F)(F)F)cc1[N+](=O)[O-]. The van der Waals surface area contributed by atoms with Crippen LogP contribution < -0.4 is 16.2 Å². The van der Waals surface area contributed by atoms with Crippen molar-refractivity contribution in [2.45, 2.75) is 12.6 Å². The molecule has 0 amide bonds. The van der Waals surface area contributed by atoms with Crippen LogP contribution in [0.5, 0.6) is 0 Å². The van der Waals surface area contributed by atoms with Gasteiger partial charge in [0.1, 0.15) is 5.69 Å². The van der Waals surface area contributed by atoms with Crippen LogP contribution in [0, 0.1) is 10.1 Å². The molecular formula is C12H15F3N4O3S. The summed E-state index contributed by atoms with van der Waals surface area (Å²) < 4.78 is 42.6. The summed E-state index contributed by atoms with van der Waals surface area (Å²) >= 11 is 4.92. The fourth-order valence-electron chi connectivity index (χ4n) is 1.55. The first kappa shape index (κ1) is 18.9. The first-order valence-electron chi connectivity index (χ1n) is 6.40. The summed E-state index contributed by atoms with van der Waals surface area (Å²) in [6.45, 7) is 1.05. The van der Waals surface area contributed by atoms with E-state index in [0.717, 1.165) is 12.1 Å². The van der Waals surface area contributed by atoms with Crippen LogP contribution in [0.25, 0.3) is 0 Å². The predicted octanol–water partition coefficient (Wildman–Crippen LogP) is 2.44. The Labute approximate surface area is 135 Å². The molecule has 1 aromatic carbocycles. The first-order chi connectivity index (χ1) is 10.8. The van der Waals surface area contributed by atoms with Gasteiger partial charge >= 0.3 is 6.18 Å². The molecular weight excluding hydrogens is 337 g/mol. The van der Waals surface area contributed by atoms with Gasteiger partial charge in [0, 0.05) is 26.3 Å². The molecule has 1 aromatic rings. The minimum atomic E-state index is -4.66. The molecule has 3 N–H and O–H groups in total. The number of anilines is 1. The van der Waals surface area contributed by atoms with E-state index in [2.05, 4.69) is 16.2 Å². The van der Waals surface area contributed by atoms with Crippen LogP contribution in [0.15, 0.2) is 18.2 Å². The normalized spacial score (nSPS) is 11.0. The Balaban J connectivity index is 2.69. The minimum Gasteiger partial charge on any atom is -0.385 e. The smallest absolute Gasteiger partial charge is 0.385 e. The zero-order valence-electron chi connectivity index (χ0n) is 12.1. The lowest BCUT2D eigenvalue weighted by Gasteiger charge is -2.13. The lowest BCUT2D eigenvalue weighted by Crippen LogP contribution is -2.39. The highest BCUT2D eigenvalue weighted by Gasteiger charge is 2.33. The third-order valence-electron chi connectivity index (χ3n) is 2.64. The van der Waals surface area contributed by atoms with Gasteiger partial charge in [-0.05, 0) is 30.8 Å². The van der Waals surface area contributed by atoms with Gasteiger partial charge in [-0.3, -0.25) is 21.0 Å². The number of benzene rings is 1. The standard InChI is InChI=1S/C12H15F3N4O3S/c1-22-6-2-5-16-11(23)18-17-9-4-3-8(12(13,14)15)7-10(9)19(20)21/h3-4,7,17H,2,5-6H2,1H3,(H2,16,18,23). The summed E-state index contributed by atoms with van der Waals surface area (Å²) in [6, 6.07) is 2.16. The van der Waals surface area contributed by atoms with Crippen molar-refractivity contribution < 1.29 is 22.8 Å². The van der Waals surface area contributed by atoms with Gasteiger partial charge in [-0.25, -0.2) is 0 Å². The summed E-state index contributed by atoms with van der Waals surface area (Å²) in [5, 5.41) is 13.8. The number of methoxy groups -OCH3 is 1. The van der Waals surface area contributed by atoms with E-state index in [1.54, 1.807) is 7.11 Å². The molecule has 7 nitrogen and oxygen atoms in total. The Kier molecular flexibility index (Phi) is 6.97. The molecule has 0 fully saturated rings. The zero-order chi connectivity index (χ0) is 17.5. The van der Waals surface area contributed by atoms with Crippen LogP contribution in [-0.2, 0) is 10.9 Å². The second kappa shape index (κ2) is 8.48. The topological polar surface area (TPSA) is 88.5 Å². The molecule has 0 saturated carbocycles. The molecule has 11 heteroatoms. The molecule has 0 bridgehead atoms. The van der Waals surface area contributed by atoms with E-state index in [1.807, 2.05) is 0 Å². The van der Waals surface area contributed by atoms with Gasteiger partial charge in [-0.2, -0.15) is 13.2 Å². The van der Waals surface area contributed by atoms with Gasteiger partial charge in [-0.1, -0.05) is 0 Å². The third kappa shape index (κ3) is 6.24. The number of thiocarbonyl (C=S) groups is 1. The van der Waals surface area contributed by atoms with E-state index >= 15 is 0 Å². The van der Waals surface area contributed by atoms with E-state index < -0.39 is 22.4 Å². The van der Waals surface area contributed by atoms with E-state index in [1.165, 1.54) is 0 Å². The number of alkyl halides is 3. The van der Waals surface area contributed by atoms with Crippen molar-refractivity contribution >= 4 is 28.7 Å². The Morgan fingerprint density at radius 3 is 2.70 bits per heavy atom. The second-order valence-corrected chi connectivity index (χ2v) is 4.75. The molecule has 0 spiro atoms. The molecule has 0 aliphatic rings. The molecule has 0 aliphatic carbocycles. The predicted molar refractivity (Wildman–Crippen MR) is 82.0 cm³/mol. The molecule has 128 valence electrons. The largest absolute Gasteiger partial charge is 0.416 e. The lowest BCUT2D eigenvalue weighted by atomic mass is 10.1. The van der Waals surface area contributed by atoms with Crippen LogP contribution in [0.1, 0.15) is 12.0 Å². The van der Waals surface area contributed by atoms with E-state index in [4.69, 9.17) is 17.0 Å². The van der Waals surface area contributed by atoms with Crippen molar-refractivity contribution in [2.24, 2.45) is 0 Å². The van der Waals surface area contributed by atoms with Crippen LogP contribution in [0.3, 0.4) is 0 Å². The second-order valence-electron chi connectivity index (χ2n) is 4.34. The molecule has 0 radical (unpaired) electrons. The van der Waals surface area contributed by atoms with Gasteiger partial charge in [0.15, 0.2) is 5.11 Å². The maximum Gasteiger partial charge on any atom is 0.416 e. The Bertz CT molecular complexity index is 569. The van der Waals surface area contributed by atoms with Crippen molar-refractivity contribution in [3.05, 3.63) is 33.9 Å². The number of nitro groups is 1. The number of nitrogens with one attached hydrogen (secondary N) is 3. The maximum atomic E-state index is 12.6. The zero-order valence-corrected chi connectivity index (χ0v) is 12.9. The molecule has 0 saturated heterocycles. The first-order valence-corrected chi connectivity index (χ1v) is 6.81. The van der Waals surface area contributed by atoms with E-state index in [-0.39, 0.29) is 10.8 Å². The molecule has 0 heterocycles. The molecule has 0 aromatic heterocycles. The number of nitro benzene ring substituents is 1. The molecule has 0 unspecified atom stereocenters. The Morgan fingerprint density at radius 2 is 2.13 bits per heavy atom. The fraction of sp³-hybridized carbons (Fsp3) is 0.417. The van der Waals surface area contributed by atoms with Gasteiger partial charge in [-0.15, -0.1) is 0 Å². The van der Waals surface area contributed by atoms with E-state index in [0.29, 0.717) is 25.6 Å². The number of hydrogen-bond donors (Lipinski definition) is 3. The molecule has 0 aliphatic heterocycles. The minimum absolute atomic E-state index is 0.135. The summed E-state index contributed by atoms with van der Waals surface area (Å²) in [6.07, 6.45) is -3.96. The number of halogens is 3. The molecule has 0 atom stereocenters. The molecule has 23 heavy (non-hydrogen) atoms. The number of ether oxygens (including phenoxy) is 1. The number of hydrazine groups is 1. The van der Waals surface area contributed by atoms with Crippen molar-refractivity contribution in [1.29, 1.82) is 0 Å². The van der Waals surface area contributed by atoms with Crippen LogP contribution in [0.4, 0.5) is 24.5 Å². The van der Waals surface area contributed by atoms with Gasteiger partial charge < -0.3 is 10.1 Å². The van der Waals surface area contributed by atoms with Crippen LogP contribution in [0.2, 0.25) is 0 Å². The Hall–Kier alpha value is -2.14. The summed E-state index contributed by atoms with van der Waals surface area (Å²) in [4.78, 5) is 9.99. The molecule has 1 rings (SSSR count). The Morgan fingerprint density at radius 1 is 1.43 bits per heavy atom. The highest BCUT2D eigenvalue weighted by molar-refractivity contribution is 7.80. The summed E-state index contributed by atoms with van der Waals surface area (Å²) in [5.74, 6) is 0. The average Bonchev–Trinajstić information content (AvgIpc) is 2.48. The monoisotopic (exact) mass is 352 g/mol. The fourth-order valence-corrected chi connectivity index (χ4v) is 1.70. The third-order valence-corrected chi connectivity index (χ3v) is 2.89. The number of hydrogen-bond acceptors (Lipinski definition) is 5. The number of rotatable bonds is 7. The quantitative estimate of drug-likeness (QED) is 0.301. The highest BCUT2D eigenvalue weighted by Crippen LogP contribution is 2.34. The van der Waals surface area contributed by atoms with Crippen LogP contribution in [-0.4, -0.2) is 30.3 Å². The average molecular weight is 352 g/mol. The van der Waals surface area contributed by atoms with Crippen molar-refractivity contribution in [3.8, 4) is 0 Å². The van der Waals surface area contributed by atoms with Crippen LogP contribution >= 0.6 is 12.2 Å². The van der Waals surface area contributed by atoms with Crippen molar-refractivity contribution in [2.75, 3.05) is 25.7 Å². The highest BCUT2D eigenvalue weighted by atomic mass is 32.1. The van der Waals surface area contributed by atoms with Gasteiger partial charge in [0.2, 0.25) is 0 Å². The lowest BCUT2D eigenvalue weighted by molar-refractivity contribution is -0.384. The van der Waals surface area contributed by atoms with Crippen molar-refractivity contribution in [1.82, 2.24) is 10.7 Å². The summed E-state index contributed by atoms with van der Waals surface area (Å²) in [7, 11) is 1.56. The maximum absolute atomic E-state index is 12.6. The van der Waals surface area contributed by atoms with Gasteiger partial charge in [0.25, 0.3) is 5.69 Å².